The number of hydrogen-bond donors (Lipinski definition) is 1. The van der Waals surface area contributed by atoms with Crippen LogP contribution in [0.25, 0.3) is 21.9 Å². The van der Waals surface area contributed by atoms with Gasteiger partial charge in [0.2, 0.25) is 0 Å². The summed E-state index contributed by atoms with van der Waals surface area (Å²) in [6, 6.07) is 21.0. The summed E-state index contributed by atoms with van der Waals surface area (Å²) in [5.74, 6) is 0. The van der Waals surface area contributed by atoms with Crippen molar-refractivity contribution in [2.24, 2.45) is 0 Å². The topological polar surface area (TPSA) is 26.0 Å². The zero-order chi connectivity index (χ0) is 12.5. The second kappa shape index (κ2) is 4.19. The maximum Gasteiger partial charge on any atom is 0.0322 e. The molecular formula is C17H15N. The van der Waals surface area contributed by atoms with Crippen molar-refractivity contribution in [2.75, 3.05) is 5.73 Å². The quantitative estimate of drug-likeness (QED) is 0.619. The van der Waals surface area contributed by atoms with Gasteiger partial charge in [-0.2, -0.15) is 0 Å². The lowest BCUT2D eigenvalue weighted by atomic mass is 9.97. The molecule has 0 aliphatic heterocycles. The minimum Gasteiger partial charge on any atom is -0.399 e. The van der Waals surface area contributed by atoms with E-state index in [-0.39, 0.29) is 0 Å². The van der Waals surface area contributed by atoms with Gasteiger partial charge in [-0.1, -0.05) is 48.5 Å². The van der Waals surface area contributed by atoms with Gasteiger partial charge in [0.1, 0.15) is 0 Å². The normalized spacial score (nSPS) is 10.7. The Balaban J connectivity index is 2.31. The number of nitrogen functional groups attached to an aromatic ring is 1. The van der Waals surface area contributed by atoms with Crippen LogP contribution in [0.4, 0.5) is 5.69 Å². The van der Waals surface area contributed by atoms with Gasteiger partial charge in [-0.3, -0.25) is 0 Å². The first kappa shape index (κ1) is 10.8. The van der Waals surface area contributed by atoms with Crippen LogP contribution in [0.15, 0.2) is 60.7 Å². The van der Waals surface area contributed by atoms with Crippen molar-refractivity contribution in [3.8, 4) is 11.1 Å². The van der Waals surface area contributed by atoms with Gasteiger partial charge in [0.25, 0.3) is 0 Å². The molecule has 0 aliphatic rings. The fraction of sp³-hybridized carbons (Fsp3) is 0.0588. The zero-order valence-electron chi connectivity index (χ0n) is 10.4. The summed E-state index contributed by atoms with van der Waals surface area (Å²) >= 11 is 0. The molecule has 3 aromatic rings. The molecular weight excluding hydrogens is 218 g/mol. The molecule has 0 spiro atoms. The molecule has 0 saturated heterocycles. The van der Waals surface area contributed by atoms with Crippen LogP contribution in [0.1, 0.15) is 5.56 Å². The Morgan fingerprint density at radius 3 is 2.44 bits per heavy atom. The van der Waals surface area contributed by atoms with E-state index in [4.69, 9.17) is 5.73 Å². The first-order chi connectivity index (χ1) is 8.74. The van der Waals surface area contributed by atoms with Crippen molar-refractivity contribution in [1.29, 1.82) is 0 Å². The fourth-order valence-electron chi connectivity index (χ4n) is 2.45. The molecule has 0 bridgehead atoms. The second-order valence-electron chi connectivity index (χ2n) is 4.66. The molecule has 0 atom stereocenters. The molecule has 0 heterocycles. The standard InChI is InChI=1S/C17H15N/c1-12-9-14(11-15(18)10-12)17-8-4-6-13-5-2-3-7-16(13)17/h2-11H,18H2,1H3. The summed E-state index contributed by atoms with van der Waals surface area (Å²) in [7, 11) is 0. The molecule has 0 radical (unpaired) electrons. The van der Waals surface area contributed by atoms with Crippen molar-refractivity contribution < 1.29 is 0 Å². The molecule has 0 amide bonds. The van der Waals surface area contributed by atoms with Gasteiger partial charge in [0, 0.05) is 5.69 Å². The van der Waals surface area contributed by atoms with E-state index >= 15 is 0 Å². The first-order valence-corrected chi connectivity index (χ1v) is 6.09. The average molecular weight is 233 g/mol. The highest BCUT2D eigenvalue weighted by Gasteiger charge is 2.04. The molecule has 18 heavy (non-hydrogen) atoms. The Hall–Kier alpha value is -2.28. The summed E-state index contributed by atoms with van der Waals surface area (Å²) in [5, 5.41) is 2.53. The van der Waals surface area contributed by atoms with Crippen molar-refractivity contribution in [2.45, 2.75) is 6.92 Å². The third-order valence-electron chi connectivity index (χ3n) is 3.20. The van der Waals surface area contributed by atoms with Gasteiger partial charge < -0.3 is 5.73 Å². The third-order valence-corrected chi connectivity index (χ3v) is 3.20. The average Bonchev–Trinajstić information content (AvgIpc) is 2.37. The van der Waals surface area contributed by atoms with E-state index in [1.54, 1.807) is 0 Å². The Labute approximate surface area is 107 Å². The molecule has 2 N–H and O–H groups in total. The largest absolute Gasteiger partial charge is 0.399 e. The number of fused-ring (bicyclic) bond motifs is 1. The van der Waals surface area contributed by atoms with Crippen LogP contribution >= 0.6 is 0 Å². The smallest absolute Gasteiger partial charge is 0.0322 e. The Bertz CT molecular complexity index is 688. The Kier molecular flexibility index (Phi) is 2.52. The van der Waals surface area contributed by atoms with E-state index in [0.717, 1.165) is 5.69 Å². The molecule has 1 nitrogen and oxygen atoms in total. The predicted molar refractivity (Wildman–Crippen MR) is 78.5 cm³/mol. The Morgan fingerprint density at radius 2 is 1.61 bits per heavy atom. The van der Waals surface area contributed by atoms with Gasteiger partial charge in [0.05, 0.1) is 0 Å². The fourth-order valence-corrected chi connectivity index (χ4v) is 2.45. The molecule has 0 fully saturated rings. The van der Waals surface area contributed by atoms with Crippen molar-refractivity contribution in [3.05, 3.63) is 66.2 Å². The van der Waals surface area contributed by atoms with E-state index in [1.165, 1.54) is 27.5 Å². The van der Waals surface area contributed by atoms with E-state index in [0.29, 0.717) is 0 Å². The lowest BCUT2D eigenvalue weighted by Gasteiger charge is -2.08. The SMILES string of the molecule is Cc1cc(N)cc(-c2cccc3ccccc23)c1. The molecule has 0 saturated carbocycles. The number of rotatable bonds is 1. The monoisotopic (exact) mass is 233 g/mol. The van der Waals surface area contributed by atoms with Gasteiger partial charge in [0.15, 0.2) is 0 Å². The summed E-state index contributed by atoms with van der Waals surface area (Å²) in [6.45, 7) is 2.07. The maximum atomic E-state index is 5.94. The molecule has 1 heteroatoms. The summed E-state index contributed by atoms with van der Waals surface area (Å²) in [5.41, 5.74) is 10.4. The number of anilines is 1. The molecule has 3 rings (SSSR count). The second-order valence-corrected chi connectivity index (χ2v) is 4.66. The predicted octanol–water partition coefficient (Wildman–Crippen LogP) is 4.40. The van der Waals surface area contributed by atoms with E-state index < -0.39 is 0 Å². The van der Waals surface area contributed by atoms with Crippen molar-refractivity contribution in [1.82, 2.24) is 0 Å². The van der Waals surface area contributed by atoms with Crippen LogP contribution in [0.5, 0.6) is 0 Å². The highest BCUT2D eigenvalue weighted by molar-refractivity contribution is 5.97. The van der Waals surface area contributed by atoms with Crippen LogP contribution in [0, 0.1) is 6.92 Å². The van der Waals surface area contributed by atoms with Crippen LogP contribution in [-0.4, -0.2) is 0 Å². The van der Waals surface area contributed by atoms with E-state index in [9.17, 15) is 0 Å². The van der Waals surface area contributed by atoms with Crippen LogP contribution in [-0.2, 0) is 0 Å². The number of nitrogens with two attached hydrogens (primary N) is 1. The maximum absolute atomic E-state index is 5.94. The van der Waals surface area contributed by atoms with Crippen LogP contribution in [0.3, 0.4) is 0 Å². The summed E-state index contributed by atoms with van der Waals surface area (Å²) < 4.78 is 0. The molecule has 88 valence electrons. The summed E-state index contributed by atoms with van der Waals surface area (Å²) in [4.78, 5) is 0. The molecule has 0 unspecified atom stereocenters. The van der Waals surface area contributed by atoms with Gasteiger partial charge in [-0.25, -0.2) is 0 Å². The minimum atomic E-state index is 0.818. The third kappa shape index (κ3) is 1.84. The van der Waals surface area contributed by atoms with E-state index in [1.807, 2.05) is 12.1 Å². The molecule has 0 aliphatic carbocycles. The number of aryl methyl sites for hydroxylation is 1. The van der Waals surface area contributed by atoms with Crippen molar-refractivity contribution in [3.63, 3.8) is 0 Å². The summed E-state index contributed by atoms with van der Waals surface area (Å²) in [6.07, 6.45) is 0. The van der Waals surface area contributed by atoms with Crippen LogP contribution < -0.4 is 5.73 Å². The lowest BCUT2D eigenvalue weighted by molar-refractivity contribution is 1.47. The first-order valence-electron chi connectivity index (χ1n) is 6.09. The number of benzene rings is 3. The van der Waals surface area contributed by atoms with Gasteiger partial charge in [-0.05, 0) is 46.5 Å². The van der Waals surface area contributed by atoms with Gasteiger partial charge in [-0.15, -0.1) is 0 Å². The molecule has 3 aromatic carbocycles. The Morgan fingerprint density at radius 1 is 0.833 bits per heavy atom. The highest BCUT2D eigenvalue weighted by Crippen LogP contribution is 2.30. The van der Waals surface area contributed by atoms with Gasteiger partial charge >= 0.3 is 0 Å². The highest BCUT2D eigenvalue weighted by atomic mass is 14.5. The van der Waals surface area contributed by atoms with E-state index in [2.05, 4.69) is 55.5 Å². The zero-order valence-corrected chi connectivity index (χ0v) is 10.4. The number of hydrogen-bond acceptors (Lipinski definition) is 1. The van der Waals surface area contributed by atoms with Crippen LogP contribution in [0.2, 0.25) is 0 Å². The minimum absolute atomic E-state index is 0.818. The van der Waals surface area contributed by atoms with Crippen molar-refractivity contribution >= 4 is 16.5 Å². The lowest BCUT2D eigenvalue weighted by Crippen LogP contribution is -1.88. The molecule has 0 aromatic heterocycles.